The monoisotopic (exact) mass is 458 g/mol. The fraction of sp³-hybridized carbons (Fsp3) is 0.381. The van der Waals surface area contributed by atoms with Gasteiger partial charge < -0.3 is 10.1 Å². The van der Waals surface area contributed by atoms with E-state index in [2.05, 4.69) is 5.32 Å². The van der Waals surface area contributed by atoms with Gasteiger partial charge in [0.05, 0.1) is 22.8 Å². The SMILES string of the molecule is CCCOc1ccc(C(F)(F)F)cc1NC(=O)c1cc(C)c(C)c(S(=O)(=O)N(C)C)c1. The van der Waals surface area contributed by atoms with Gasteiger partial charge in [-0.05, 0) is 61.7 Å². The fourth-order valence-electron chi connectivity index (χ4n) is 2.76. The number of alkyl halides is 3. The molecule has 0 aliphatic rings. The summed E-state index contributed by atoms with van der Waals surface area (Å²) in [5.74, 6) is -0.660. The van der Waals surface area contributed by atoms with Gasteiger partial charge in [-0.2, -0.15) is 13.2 Å². The molecule has 2 aromatic rings. The highest BCUT2D eigenvalue weighted by Gasteiger charge is 2.31. The highest BCUT2D eigenvalue weighted by Crippen LogP contribution is 2.35. The van der Waals surface area contributed by atoms with E-state index < -0.39 is 27.7 Å². The van der Waals surface area contributed by atoms with Gasteiger partial charge in [0.1, 0.15) is 5.75 Å². The molecule has 0 heterocycles. The molecule has 2 aromatic carbocycles. The van der Waals surface area contributed by atoms with Crippen LogP contribution < -0.4 is 10.1 Å². The molecule has 0 atom stereocenters. The number of halogens is 3. The van der Waals surface area contributed by atoms with Gasteiger partial charge in [0.2, 0.25) is 10.0 Å². The number of hydrogen-bond acceptors (Lipinski definition) is 4. The second kappa shape index (κ2) is 9.27. The second-order valence-electron chi connectivity index (χ2n) is 7.21. The quantitative estimate of drug-likeness (QED) is 0.657. The van der Waals surface area contributed by atoms with Crippen molar-refractivity contribution in [3.63, 3.8) is 0 Å². The first-order valence-corrected chi connectivity index (χ1v) is 10.9. The number of rotatable bonds is 7. The van der Waals surface area contributed by atoms with Crippen molar-refractivity contribution in [2.45, 2.75) is 38.3 Å². The van der Waals surface area contributed by atoms with Crippen molar-refractivity contribution in [1.82, 2.24) is 4.31 Å². The zero-order valence-corrected chi connectivity index (χ0v) is 18.7. The molecular weight excluding hydrogens is 433 g/mol. The normalized spacial score (nSPS) is 12.2. The van der Waals surface area contributed by atoms with E-state index in [4.69, 9.17) is 4.74 Å². The lowest BCUT2D eigenvalue weighted by atomic mass is 10.1. The maximum absolute atomic E-state index is 13.1. The maximum Gasteiger partial charge on any atom is 0.416 e. The highest BCUT2D eigenvalue weighted by atomic mass is 32.2. The van der Waals surface area contributed by atoms with Crippen LogP contribution in [0.2, 0.25) is 0 Å². The van der Waals surface area contributed by atoms with Gasteiger partial charge in [0.25, 0.3) is 5.91 Å². The molecule has 0 radical (unpaired) electrons. The Morgan fingerprint density at radius 3 is 2.32 bits per heavy atom. The molecule has 10 heteroatoms. The molecule has 0 unspecified atom stereocenters. The van der Waals surface area contributed by atoms with Crippen LogP contribution in [0.3, 0.4) is 0 Å². The number of nitrogens with one attached hydrogen (secondary N) is 1. The third-order valence-electron chi connectivity index (χ3n) is 4.66. The lowest BCUT2D eigenvalue weighted by molar-refractivity contribution is -0.137. The highest BCUT2D eigenvalue weighted by molar-refractivity contribution is 7.89. The molecule has 1 amide bonds. The lowest BCUT2D eigenvalue weighted by Gasteiger charge is -2.18. The van der Waals surface area contributed by atoms with Crippen LogP contribution in [0.5, 0.6) is 5.75 Å². The summed E-state index contributed by atoms with van der Waals surface area (Å²) in [6.07, 6.45) is -3.98. The predicted molar refractivity (Wildman–Crippen MR) is 112 cm³/mol. The van der Waals surface area contributed by atoms with E-state index in [1.807, 2.05) is 6.92 Å². The van der Waals surface area contributed by atoms with Gasteiger partial charge in [0.15, 0.2) is 0 Å². The zero-order valence-electron chi connectivity index (χ0n) is 17.9. The summed E-state index contributed by atoms with van der Waals surface area (Å²) >= 11 is 0. The predicted octanol–water partition coefficient (Wildman–Crippen LogP) is 4.61. The van der Waals surface area contributed by atoms with E-state index >= 15 is 0 Å². The van der Waals surface area contributed by atoms with Gasteiger partial charge in [-0.25, -0.2) is 12.7 Å². The van der Waals surface area contributed by atoms with Crippen LogP contribution in [0.4, 0.5) is 18.9 Å². The van der Waals surface area contributed by atoms with Crippen LogP contribution >= 0.6 is 0 Å². The van der Waals surface area contributed by atoms with Crippen molar-refractivity contribution in [3.8, 4) is 5.75 Å². The van der Waals surface area contributed by atoms with Crippen molar-refractivity contribution in [1.29, 1.82) is 0 Å². The number of anilines is 1. The number of amides is 1. The average molecular weight is 459 g/mol. The summed E-state index contributed by atoms with van der Waals surface area (Å²) in [5, 5.41) is 2.43. The van der Waals surface area contributed by atoms with E-state index in [0.29, 0.717) is 17.5 Å². The minimum absolute atomic E-state index is 0.00220. The van der Waals surface area contributed by atoms with Gasteiger partial charge in [-0.1, -0.05) is 6.92 Å². The number of benzene rings is 2. The van der Waals surface area contributed by atoms with E-state index in [0.717, 1.165) is 22.5 Å². The lowest BCUT2D eigenvalue weighted by Crippen LogP contribution is -2.24. The van der Waals surface area contributed by atoms with Crippen molar-refractivity contribution in [2.24, 2.45) is 0 Å². The third kappa shape index (κ3) is 5.56. The summed E-state index contributed by atoms with van der Waals surface area (Å²) in [6.45, 7) is 5.37. The number of carbonyl (C=O) groups excluding carboxylic acids is 1. The van der Waals surface area contributed by atoms with E-state index in [1.54, 1.807) is 13.8 Å². The summed E-state index contributed by atoms with van der Waals surface area (Å²) < 4.78 is 71.1. The Morgan fingerprint density at radius 1 is 1.13 bits per heavy atom. The minimum atomic E-state index is -4.60. The van der Waals surface area contributed by atoms with Gasteiger partial charge >= 0.3 is 6.18 Å². The summed E-state index contributed by atoms with van der Waals surface area (Å²) in [5.41, 5.74) is -0.0515. The molecule has 0 bridgehead atoms. The molecule has 0 spiro atoms. The van der Waals surface area contributed by atoms with Gasteiger partial charge in [0, 0.05) is 19.7 Å². The molecule has 0 fully saturated rings. The van der Waals surface area contributed by atoms with Gasteiger partial charge in [-0.3, -0.25) is 4.79 Å². The number of sulfonamides is 1. The van der Waals surface area contributed by atoms with Crippen LogP contribution in [0.1, 0.15) is 40.4 Å². The number of ether oxygens (including phenoxy) is 1. The molecule has 6 nitrogen and oxygen atoms in total. The number of aryl methyl sites for hydroxylation is 1. The van der Waals surface area contributed by atoms with Crippen LogP contribution in [0.25, 0.3) is 0 Å². The van der Waals surface area contributed by atoms with Gasteiger partial charge in [-0.15, -0.1) is 0 Å². The number of carbonyl (C=O) groups is 1. The van der Waals surface area contributed by atoms with E-state index in [1.165, 1.54) is 26.2 Å². The van der Waals surface area contributed by atoms with E-state index in [-0.39, 0.29) is 28.5 Å². The molecule has 1 N–H and O–H groups in total. The number of hydrogen-bond donors (Lipinski definition) is 1. The van der Waals surface area contributed by atoms with Crippen LogP contribution in [-0.2, 0) is 16.2 Å². The molecule has 170 valence electrons. The Kier molecular flexibility index (Phi) is 7.38. The van der Waals surface area contributed by atoms with Crippen molar-refractivity contribution < 1.29 is 31.1 Å². The summed E-state index contributed by atoms with van der Waals surface area (Å²) in [7, 11) is -1.08. The van der Waals surface area contributed by atoms with Crippen LogP contribution in [0, 0.1) is 13.8 Å². The van der Waals surface area contributed by atoms with Crippen molar-refractivity contribution >= 4 is 21.6 Å². The Labute approximate surface area is 180 Å². The minimum Gasteiger partial charge on any atom is -0.491 e. The van der Waals surface area contributed by atoms with Crippen LogP contribution in [0.15, 0.2) is 35.2 Å². The molecule has 2 rings (SSSR count). The molecule has 0 saturated carbocycles. The summed E-state index contributed by atoms with van der Waals surface area (Å²) in [6, 6.07) is 5.52. The first kappa shape index (κ1) is 24.7. The first-order valence-electron chi connectivity index (χ1n) is 9.48. The Hall–Kier alpha value is -2.59. The van der Waals surface area contributed by atoms with E-state index in [9.17, 15) is 26.4 Å². The largest absolute Gasteiger partial charge is 0.491 e. The Morgan fingerprint density at radius 2 is 1.77 bits per heavy atom. The van der Waals surface area contributed by atoms with Crippen molar-refractivity contribution in [3.05, 3.63) is 52.6 Å². The molecular formula is C21H25F3N2O4S. The fourth-order valence-corrected chi connectivity index (χ4v) is 3.98. The average Bonchev–Trinajstić information content (AvgIpc) is 2.67. The Balaban J connectivity index is 2.51. The first-order chi connectivity index (χ1) is 14.3. The molecule has 0 aromatic heterocycles. The van der Waals surface area contributed by atoms with Crippen molar-refractivity contribution in [2.75, 3.05) is 26.0 Å². The molecule has 0 saturated heterocycles. The number of nitrogens with zero attached hydrogens (tertiary/aromatic N) is 1. The maximum atomic E-state index is 13.1. The standard InChI is InChI=1S/C21H25F3N2O4S/c1-6-9-30-18-8-7-16(21(22,23)24)12-17(18)25-20(27)15-10-13(2)14(3)19(11-15)31(28,29)26(4)5/h7-8,10-12H,6,9H2,1-5H3,(H,25,27). The third-order valence-corrected chi connectivity index (χ3v) is 6.60. The molecule has 31 heavy (non-hydrogen) atoms. The molecule has 0 aliphatic carbocycles. The topological polar surface area (TPSA) is 75.7 Å². The second-order valence-corrected chi connectivity index (χ2v) is 9.34. The Bertz CT molecular complexity index is 1080. The van der Waals surface area contributed by atoms with Crippen LogP contribution in [-0.4, -0.2) is 39.3 Å². The smallest absolute Gasteiger partial charge is 0.416 e. The molecule has 0 aliphatic heterocycles. The zero-order chi connectivity index (χ0) is 23.6. The summed E-state index contributed by atoms with van der Waals surface area (Å²) in [4.78, 5) is 12.8.